The van der Waals surface area contributed by atoms with Crippen LogP contribution in [0.15, 0.2) is 6.20 Å². The van der Waals surface area contributed by atoms with Gasteiger partial charge in [-0.1, -0.05) is 13.8 Å². The molecule has 6 heteroatoms. The molecule has 1 heterocycles. The van der Waals surface area contributed by atoms with E-state index in [4.69, 9.17) is 16.3 Å². The Balaban J connectivity index is 2.29. The minimum Gasteiger partial charge on any atom is -0.379 e. The van der Waals surface area contributed by atoms with Crippen LogP contribution in [0.5, 0.6) is 0 Å². The smallest absolute Gasteiger partial charge is 0.224 e. The van der Waals surface area contributed by atoms with Gasteiger partial charge in [0.1, 0.15) is 0 Å². The molecule has 1 N–H and O–H groups in total. The van der Waals surface area contributed by atoms with Gasteiger partial charge in [-0.3, -0.25) is 0 Å². The number of ether oxygens (including phenoxy) is 1. The monoisotopic (exact) mass is 247 g/mol. The van der Waals surface area contributed by atoms with Crippen LogP contribution in [0.1, 0.15) is 13.8 Å². The van der Waals surface area contributed by atoms with Gasteiger partial charge in [-0.25, -0.2) is 9.37 Å². The second kappa shape index (κ2) is 6.60. The third-order valence-electron chi connectivity index (χ3n) is 1.70. The molecule has 1 aromatic rings. The van der Waals surface area contributed by atoms with E-state index in [1.54, 1.807) is 0 Å². The fraction of sp³-hybridized carbons (Fsp3) is 0.600. The maximum atomic E-state index is 13.1. The summed E-state index contributed by atoms with van der Waals surface area (Å²) < 4.78 is 18.4. The highest BCUT2D eigenvalue weighted by atomic mass is 35.5. The number of anilines is 1. The third-order valence-corrected chi connectivity index (χ3v) is 1.89. The fourth-order valence-electron chi connectivity index (χ4n) is 1.03. The lowest BCUT2D eigenvalue weighted by Crippen LogP contribution is -2.13. The summed E-state index contributed by atoms with van der Waals surface area (Å²) in [7, 11) is 0. The molecule has 0 aliphatic heterocycles. The minimum atomic E-state index is -0.520. The van der Waals surface area contributed by atoms with Gasteiger partial charge >= 0.3 is 0 Å². The zero-order chi connectivity index (χ0) is 12.0. The van der Waals surface area contributed by atoms with Crippen molar-refractivity contribution >= 4 is 17.4 Å². The van der Waals surface area contributed by atoms with Crippen LogP contribution in [-0.4, -0.2) is 29.7 Å². The Labute approximate surface area is 99.2 Å². The second-order valence-electron chi connectivity index (χ2n) is 3.73. The number of hydrogen-bond acceptors (Lipinski definition) is 4. The summed E-state index contributed by atoms with van der Waals surface area (Å²) in [6.07, 6.45) is 1.03. The normalized spacial score (nSPS) is 10.8. The van der Waals surface area contributed by atoms with Gasteiger partial charge in [0.25, 0.3) is 0 Å². The van der Waals surface area contributed by atoms with E-state index in [9.17, 15) is 4.39 Å². The average Bonchev–Trinajstić information content (AvgIpc) is 2.22. The molecule has 16 heavy (non-hydrogen) atoms. The summed E-state index contributed by atoms with van der Waals surface area (Å²) >= 11 is 5.54. The van der Waals surface area contributed by atoms with E-state index < -0.39 is 5.82 Å². The molecule has 0 amide bonds. The first-order valence-corrected chi connectivity index (χ1v) is 5.47. The third kappa shape index (κ3) is 4.72. The van der Waals surface area contributed by atoms with Crippen molar-refractivity contribution in [2.75, 3.05) is 25.1 Å². The van der Waals surface area contributed by atoms with E-state index in [0.29, 0.717) is 25.7 Å². The number of nitrogens with zero attached hydrogens (tertiary/aromatic N) is 2. The predicted octanol–water partition coefficient (Wildman–Crippen LogP) is 2.35. The van der Waals surface area contributed by atoms with Gasteiger partial charge in [-0.15, -0.1) is 0 Å². The molecule has 0 spiro atoms. The second-order valence-corrected chi connectivity index (χ2v) is 4.07. The van der Waals surface area contributed by atoms with E-state index >= 15 is 0 Å². The molecular weight excluding hydrogens is 233 g/mol. The summed E-state index contributed by atoms with van der Waals surface area (Å²) in [5.41, 5.74) is 0. The van der Waals surface area contributed by atoms with Crippen LogP contribution in [0.4, 0.5) is 10.2 Å². The average molecular weight is 248 g/mol. The Bertz CT molecular complexity index is 336. The van der Waals surface area contributed by atoms with Gasteiger partial charge in [0.05, 0.1) is 12.8 Å². The molecular formula is C10H15ClFN3O. The SMILES string of the molecule is CC(C)COCCNc1nc(Cl)ncc1F. The molecule has 0 radical (unpaired) electrons. The van der Waals surface area contributed by atoms with Gasteiger partial charge < -0.3 is 10.1 Å². The van der Waals surface area contributed by atoms with Gasteiger partial charge in [0.2, 0.25) is 5.28 Å². The van der Waals surface area contributed by atoms with Crippen LogP contribution >= 0.6 is 11.6 Å². The highest BCUT2D eigenvalue weighted by molar-refractivity contribution is 6.28. The Morgan fingerprint density at radius 2 is 2.31 bits per heavy atom. The zero-order valence-electron chi connectivity index (χ0n) is 9.33. The minimum absolute atomic E-state index is 0.0204. The Kier molecular flexibility index (Phi) is 5.42. The quantitative estimate of drug-likeness (QED) is 0.619. The number of nitrogens with one attached hydrogen (secondary N) is 1. The van der Waals surface area contributed by atoms with Crippen LogP contribution in [0, 0.1) is 11.7 Å². The molecule has 1 rings (SSSR count). The van der Waals surface area contributed by atoms with Gasteiger partial charge in [-0.2, -0.15) is 4.98 Å². The summed E-state index contributed by atoms with van der Waals surface area (Å²) in [5.74, 6) is 0.0756. The number of rotatable bonds is 6. The van der Waals surface area contributed by atoms with Gasteiger partial charge in [0, 0.05) is 13.2 Å². The van der Waals surface area contributed by atoms with Gasteiger partial charge in [-0.05, 0) is 17.5 Å². The summed E-state index contributed by atoms with van der Waals surface area (Å²) in [4.78, 5) is 7.23. The maximum absolute atomic E-state index is 13.1. The number of aromatic nitrogens is 2. The number of halogens is 2. The molecule has 0 saturated carbocycles. The van der Waals surface area contributed by atoms with Crippen molar-refractivity contribution in [3.05, 3.63) is 17.3 Å². The highest BCUT2D eigenvalue weighted by Crippen LogP contribution is 2.11. The van der Waals surface area contributed by atoms with Crippen molar-refractivity contribution in [2.45, 2.75) is 13.8 Å². The molecule has 0 atom stereocenters. The van der Waals surface area contributed by atoms with E-state index in [0.717, 1.165) is 6.20 Å². The number of hydrogen-bond donors (Lipinski definition) is 1. The first-order chi connectivity index (χ1) is 7.59. The zero-order valence-corrected chi connectivity index (χ0v) is 10.1. The van der Waals surface area contributed by atoms with Crippen molar-refractivity contribution in [1.82, 2.24) is 9.97 Å². The van der Waals surface area contributed by atoms with E-state index in [1.807, 2.05) is 0 Å². The lowest BCUT2D eigenvalue weighted by atomic mass is 10.2. The molecule has 4 nitrogen and oxygen atoms in total. The van der Waals surface area contributed by atoms with E-state index in [1.165, 1.54) is 0 Å². The largest absolute Gasteiger partial charge is 0.379 e. The van der Waals surface area contributed by atoms with Crippen LogP contribution in [0.2, 0.25) is 5.28 Å². The molecule has 0 aliphatic carbocycles. The summed E-state index contributed by atoms with van der Waals surface area (Å²) in [6.45, 7) is 5.81. The van der Waals surface area contributed by atoms with Crippen LogP contribution in [-0.2, 0) is 4.74 Å². The highest BCUT2D eigenvalue weighted by Gasteiger charge is 2.04. The topological polar surface area (TPSA) is 47.0 Å². The van der Waals surface area contributed by atoms with E-state index in [-0.39, 0.29) is 11.1 Å². The van der Waals surface area contributed by atoms with Crippen molar-refractivity contribution in [3.8, 4) is 0 Å². The standard InChI is InChI=1S/C10H15ClFN3O/c1-7(2)6-16-4-3-13-9-8(12)5-14-10(11)15-9/h5,7H,3-4,6H2,1-2H3,(H,13,14,15). The molecule has 0 bridgehead atoms. The fourth-order valence-corrected chi connectivity index (χ4v) is 1.16. The molecule has 90 valence electrons. The van der Waals surface area contributed by atoms with Crippen LogP contribution in [0.25, 0.3) is 0 Å². The van der Waals surface area contributed by atoms with Gasteiger partial charge in [0.15, 0.2) is 11.6 Å². The first kappa shape index (κ1) is 13.1. The van der Waals surface area contributed by atoms with Crippen LogP contribution < -0.4 is 5.32 Å². The molecule has 0 aliphatic rings. The lowest BCUT2D eigenvalue weighted by molar-refractivity contribution is 0.118. The van der Waals surface area contributed by atoms with Crippen molar-refractivity contribution in [1.29, 1.82) is 0 Å². The Hall–Kier alpha value is -0.940. The maximum Gasteiger partial charge on any atom is 0.224 e. The molecule has 1 aromatic heterocycles. The summed E-state index contributed by atoms with van der Waals surface area (Å²) in [5, 5.41) is 2.81. The molecule has 0 unspecified atom stereocenters. The predicted molar refractivity (Wildman–Crippen MR) is 61.1 cm³/mol. The summed E-state index contributed by atoms with van der Waals surface area (Å²) in [6, 6.07) is 0. The Morgan fingerprint density at radius 3 is 3.00 bits per heavy atom. The molecule has 0 aromatic carbocycles. The van der Waals surface area contributed by atoms with E-state index in [2.05, 4.69) is 29.1 Å². The van der Waals surface area contributed by atoms with Crippen molar-refractivity contribution in [3.63, 3.8) is 0 Å². The molecule has 0 saturated heterocycles. The van der Waals surface area contributed by atoms with Crippen molar-refractivity contribution in [2.24, 2.45) is 5.92 Å². The van der Waals surface area contributed by atoms with Crippen molar-refractivity contribution < 1.29 is 9.13 Å². The lowest BCUT2D eigenvalue weighted by Gasteiger charge is -2.08. The first-order valence-electron chi connectivity index (χ1n) is 5.09. The van der Waals surface area contributed by atoms with Crippen LogP contribution in [0.3, 0.4) is 0 Å². The Morgan fingerprint density at radius 1 is 1.56 bits per heavy atom. The molecule has 0 fully saturated rings.